The Balaban J connectivity index is 2.07. The minimum Gasteiger partial charge on any atom is -0.316 e. The molecule has 0 aromatic heterocycles. The highest BCUT2D eigenvalue weighted by Gasteiger charge is 2.16. The molecule has 0 radical (unpaired) electrons. The quantitative estimate of drug-likeness (QED) is 0.554. The number of hydrogen-bond acceptors (Lipinski definition) is 2. The first-order valence-corrected chi connectivity index (χ1v) is 5.91. The molecule has 1 aliphatic rings. The molecule has 84 valence electrons. The van der Waals surface area contributed by atoms with E-state index in [1.165, 1.54) is 19.3 Å². The summed E-state index contributed by atoms with van der Waals surface area (Å²) in [6.45, 7) is 6.06. The fourth-order valence-corrected chi connectivity index (χ4v) is 1.80. The molecule has 0 fully saturated rings. The van der Waals surface area contributed by atoms with Crippen molar-refractivity contribution in [1.29, 1.82) is 5.26 Å². The summed E-state index contributed by atoms with van der Waals surface area (Å²) in [6.07, 6.45) is 9.26. The minimum absolute atomic E-state index is 0.181. The van der Waals surface area contributed by atoms with Gasteiger partial charge in [-0.1, -0.05) is 12.2 Å². The average Bonchev–Trinajstić information content (AvgIpc) is 2.26. The molecule has 0 saturated heterocycles. The molecule has 1 aliphatic carbocycles. The molecule has 2 nitrogen and oxygen atoms in total. The maximum absolute atomic E-state index is 8.86. The van der Waals surface area contributed by atoms with Crippen molar-refractivity contribution >= 4 is 0 Å². The van der Waals surface area contributed by atoms with Gasteiger partial charge in [-0.05, 0) is 58.5 Å². The number of nitriles is 1. The fourth-order valence-electron chi connectivity index (χ4n) is 1.80. The van der Waals surface area contributed by atoms with Crippen molar-refractivity contribution in [2.45, 2.75) is 39.5 Å². The summed E-state index contributed by atoms with van der Waals surface area (Å²) >= 11 is 0. The lowest BCUT2D eigenvalue weighted by molar-refractivity contribution is 0.396. The van der Waals surface area contributed by atoms with E-state index in [0.717, 1.165) is 25.4 Å². The van der Waals surface area contributed by atoms with Crippen molar-refractivity contribution in [2.75, 3.05) is 13.1 Å². The Hall–Kier alpha value is -0.810. The highest BCUT2D eigenvalue weighted by molar-refractivity contribution is 4.92. The molecule has 1 atom stereocenters. The lowest BCUT2D eigenvalue weighted by Gasteiger charge is -2.20. The molecule has 0 aromatic carbocycles. The summed E-state index contributed by atoms with van der Waals surface area (Å²) < 4.78 is 0. The van der Waals surface area contributed by atoms with E-state index in [-0.39, 0.29) is 5.41 Å². The maximum atomic E-state index is 8.86. The van der Waals surface area contributed by atoms with E-state index in [0.29, 0.717) is 0 Å². The van der Waals surface area contributed by atoms with Gasteiger partial charge in [-0.2, -0.15) is 5.26 Å². The van der Waals surface area contributed by atoms with Crippen LogP contribution in [0.1, 0.15) is 39.5 Å². The lowest BCUT2D eigenvalue weighted by atomic mass is 9.91. The largest absolute Gasteiger partial charge is 0.316 e. The zero-order valence-corrected chi connectivity index (χ0v) is 9.92. The monoisotopic (exact) mass is 206 g/mol. The second kappa shape index (κ2) is 5.92. The van der Waals surface area contributed by atoms with E-state index in [4.69, 9.17) is 5.26 Å². The molecule has 0 spiro atoms. The van der Waals surface area contributed by atoms with Gasteiger partial charge in [0, 0.05) is 0 Å². The standard InChI is InChI=1S/C13H22N2/c1-13(2,11-14)8-9-15-10-12-6-4-3-5-7-12/h3-4,12,15H,5-10H2,1-2H3. The van der Waals surface area contributed by atoms with E-state index < -0.39 is 0 Å². The molecular formula is C13H22N2. The number of nitrogens with zero attached hydrogens (tertiary/aromatic N) is 1. The van der Waals surface area contributed by atoms with E-state index in [9.17, 15) is 0 Å². The smallest absolute Gasteiger partial charge is 0.0684 e. The summed E-state index contributed by atoms with van der Waals surface area (Å²) in [4.78, 5) is 0. The highest BCUT2D eigenvalue weighted by atomic mass is 14.9. The zero-order chi connectivity index (χ0) is 11.1. The van der Waals surface area contributed by atoms with E-state index in [1.54, 1.807) is 0 Å². The van der Waals surface area contributed by atoms with Crippen LogP contribution in [0, 0.1) is 22.7 Å². The van der Waals surface area contributed by atoms with Crippen LogP contribution in [0.5, 0.6) is 0 Å². The van der Waals surface area contributed by atoms with Crippen LogP contribution in [-0.2, 0) is 0 Å². The Kier molecular flexibility index (Phi) is 4.84. The second-order valence-corrected chi connectivity index (χ2v) is 5.10. The van der Waals surface area contributed by atoms with Crippen LogP contribution in [0.2, 0.25) is 0 Å². The third kappa shape index (κ3) is 4.99. The molecule has 15 heavy (non-hydrogen) atoms. The highest BCUT2D eigenvalue weighted by Crippen LogP contribution is 2.19. The summed E-state index contributed by atoms with van der Waals surface area (Å²) in [7, 11) is 0. The molecular weight excluding hydrogens is 184 g/mol. The summed E-state index contributed by atoms with van der Waals surface area (Å²) in [5.41, 5.74) is -0.181. The number of rotatable bonds is 5. The van der Waals surface area contributed by atoms with Gasteiger partial charge in [0.25, 0.3) is 0 Å². The van der Waals surface area contributed by atoms with Gasteiger partial charge in [-0.25, -0.2) is 0 Å². The van der Waals surface area contributed by atoms with Crippen LogP contribution in [0.3, 0.4) is 0 Å². The van der Waals surface area contributed by atoms with Gasteiger partial charge in [0.05, 0.1) is 11.5 Å². The summed E-state index contributed by atoms with van der Waals surface area (Å²) in [5.74, 6) is 0.806. The molecule has 1 unspecified atom stereocenters. The minimum atomic E-state index is -0.181. The fraction of sp³-hybridized carbons (Fsp3) is 0.769. The van der Waals surface area contributed by atoms with Crippen LogP contribution < -0.4 is 5.32 Å². The topological polar surface area (TPSA) is 35.8 Å². The Labute approximate surface area is 93.4 Å². The van der Waals surface area contributed by atoms with Gasteiger partial charge in [0.2, 0.25) is 0 Å². The molecule has 0 aliphatic heterocycles. The van der Waals surface area contributed by atoms with Gasteiger partial charge >= 0.3 is 0 Å². The third-order valence-electron chi connectivity index (χ3n) is 3.04. The molecule has 0 aromatic rings. The van der Waals surface area contributed by atoms with Crippen molar-refractivity contribution < 1.29 is 0 Å². The predicted octanol–water partition coefficient (Wildman–Crippen LogP) is 2.87. The Morgan fingerprint density at radius 2 is 2.27 bits per heavy atom. The average molecular weight is 206 g/mol. The van der Waals surface area contributed by atoms with Crippen LogP contribution >= 0.6 is 0 Å². The second-order valence-electron chi connectivity index (χ2n) is 5.10. The van der Waals surface area contributed by atoms with Crippen LogP contribution in [0.15, 0.2) is 12.2 Å². The molecule has 2 heteroatoms. The van der Waals surface area contributed by atoms with Crippen molar-refractivity contribution in [3.63, 3.8) is 0 Å². The van der Waals surface area contributed by atoms with E-state index in [1.807, 2.05) is 13.8 Å². The van der Waals surface area contributed by atoms with E-state index >= 15 is 0 Å². The lowest BCUT2D eigenvalue weighted by Crippen LogP contribution is -2.27. The van der Waals surface area contributed by atoms with Crippen molar-refractivity contribution in [3.8, 4) is 6.07 Å². The number of nitrogens with one attached hydrogen (secondary N) is 1. The van der Waals surface area contributed by atoms with Crippen molar-refractivity contribution in [1.82, 2.24) is 5.32 Å². The molecule has 0 heterocycles. The first kappa shape index (κ1) is 12.3. The molecule has 0 saturated carbocycles. The normalized spacial score (nSPS) is 21.3. The Morgan fingerprint density at radius 1 is 1.47 bits per heavy atom. The maximum Gasteiger partial charge on any atom is 0.0684 e. The van der Waals surface area contributed by atoms with E-state index in [2.05, 4.69) is 23.5 Å². The van der Waals surface area contributed by atoms with Crippen LogP contribution in [0.25, 0.3) is 0 Å². The van der Waals surface area contributed by atoms with Crippen LogP contribution in [0.4, 0.5) is 0 Å². The van der Waals surface area contributed by atoms with Gasteiger partial charge in [-0.15, -0.1) is 0 Å². The molecule has 0 bridgehead atoms. The molecule has 1 N–H and O–H groups in total. The summed E-state index contributed by atoms with van der Waals surface area (Å²) in [6, 6.07) is 2.33. The third-order valence-corrected chi connectivity index (χ3v) is 3.04. The van der Waals surface area contributed by atoms with Gasteiger partial charge in [-0.3, -0.25) is 0 Å². The van der Waals surface area contributed by atoms with Gasteiger partial charge in [0.15, 0.2) is 0 Å². The van der Waals surface area contributed by atoms with Crippen LogP contribution in [-0.4, -0.2) is 13.1 Å². The molecule has 1 rings (SSSR count). The Bertz CT molecular complexity index is 248. The zero-order valence-electron chi connectivity index (χ0n) is 9.92. The van der Waals surface area contributed by atoms with Crippen molar-refractivity contribution in [2.24, 2.45) is 11.3 Å². The molecule has 0 amide bonds. The summed E-state index contributed by atoms with van der Waals surface area (Å²) in [5, 5.41) is 12.3. The Morgan fingerprint density at radius 3 is 2.87 bits per heavy atom. The van der Waals surface area contributed by atoms with Gasteiger partial charge < -0.3 is 5.32 Å². The van der Waals surface area contributed by atoms with Gasteiger partial charge in [0.1, 0.15) is 0 Å². The number of hydrogen-bond donors (Lipinski definition) is 1. The number of allylic oxidation sites excluding steroid dienone is 2. The first-order chi connectivity index (χ1) is 7.14. The predicted molar refractivity (Wildman–Crippen MR) is 63.4 cm³/mol. The SMILES string of the molecule is CC(C)(C#N)CCNCC1CC=CCC1. The first-order valence-electron chi connectivity index (χ1n) is 5.91. The van der Waals surface area contributed by atoms with Crippen molar-refractivity contribution in [3.05, 3.63) is 12.2 Å².